The van der Waals surface area contributed by atoms with Crippen LogP contribution in [0, 0.1) is 0 Å². The fourth-order valence-corrected chi connectivity index (χ4v) is 2.41. The third-order valence-corrected chi connectivity index (χ3v) is 3.85. The van der Waals surface area contributed by atoms with Crippen molar-refractivity contribution in [2.75, 3.05) is 6.54 Å². The molecule has 0 unspecified atom stereocenters. The van der Waals surface area contributed by atoms with Crippen molar-refractivity contribution in [3.05, 3.63) is 33.8 Å². The topological polar surface area (TPSA) is 58.2 Å². The number of carbonyl (C=O) groups excluding carboxylic acids is 2. The van der Waals surface area contributed by atoms with E-state index in [1.165, 1.54) is 0 Å². The van der Waals surface area contributed by atoms with Gasteiger partial charge in [0.15, 0.2) is 0 Å². The maximum Gasteiger partial charge on any atom is 0.252 e. The van der Waals surface area contributed by atoms with Gasteiger partial charge < -0.3 is 10.6 Å². The molecule has 1 atom stereocenters. The molecule has 6 heteroatoms. The van der Waals surface area contributed by atoms with Gasteiger partial charge in [0, 0.05) is 19.0 Å². The van der Waals surface area contributed by atoms with Gasteiger partial charge in [0.25, 0.3) is 5.91 Å². The van der Waals surface area contributed by atoms with Crippen LogP contribution in [0.15, 0.2) is 18.2 Å². The molecule has 1 aromatic rings. The highest BCUT2D eigenvalue weighted by Crippen LogP contribution is 2.25. The molecule has 1 aliphatic rings. The number of carbonyl (C=O) groups is 2. The number of hydrogen-bond acceptors (Lipinski definition) is 2. The van der Waals surface area contributed by atoms with Crippen molar-refractivity contribution < 1.29 is 9.59 Å². The third kappa shape index (κ3) is 3.61. The van der Waals surface area contributed by atoms with E-state index in [2.05, 4.69) is 10.6 Å². The first-order valence-electron chi connectivity index (χ1n) is 6.09. The maximum absolute atomic E-state index is 12.0. The standard InChI is InChI=1S/C13H14Cl2N2O2/c14-10-5-2-4-9(12(10)15)13(19)16-7-8-3-1-6-11(18)17-8/h2,4-5,8H,1,3,6-7H2,(H,16,19)(H,17,18)/t8-/m1/s1. The number of hydrogen-bond donors (Lipinski definition) is 2. The Hall–Kier alpha value is -1.26. The zero-order chi connectivity index (χ0) is 13.8. The van der Waals surface area contributed by atoms with E-state index in [9.17, 15) is 9.59 Å². The van der Waals surface area contributed by atoms with Crippen LogP contribution in [0.4, 0.5) is 0 Å². The molecule has 0 saturated carbocycles. The van der Waals surface area contributed by atoms with Crippen molar-refractivity contribution in [2.24, 2.45) is 0 Å². The minimum Gasteiger partial charge on any atom is -0.352 e. The van der Waals surface area contributed by atoms with Gasteiger partial charge >= 0.3 is 0 Å². The first kappa shape index (κ1) is 14.2. The zero-order valence-electron chi connectivity index (χ0n) is 10.2. The van der Waals surface area contributed by atoms with Gasteiger partial charge in [-0.15, -0.1) is 0 Å². The van der Waals surface area contributed by atoms with Crippen molar-refractivity contribution >= 4 is 35.0 Å². The van der Waals surface area contributed by atoms with E-state index in [1.807, 2.05) is 0 Å². The van der Waals surface area contributed by atoms with E-state index in [1.54, 1.807) is 18.2 Å². The smallest absolute Gasteiger partial charge is 0.252 e. The average Bonchev–Trinajstić information content (AvgIpc) is 2.39. The summed E-state index contributed by atoms with van der Waals surface area (Å²) >= 11 is 11.8. The first-order valence-corrected chi connectivity index (χ1v) is 6.85. The Balaban J connectivity index is 1.94. The molecule has 1 fully saturated rings. The molecular formula is C13H14Cl2N2O2. The molecule has 0 radical (unpaired) electrons. The summed E-state index contributed by atoms with van der Waals surface area (Å²) in [5.74, 6) is -0.251. The molecule has 1 aliphatic heterocycles. The van der Waals surface area contributed by atoms with E-state index in [0.717, 1.165) is 12.8 Å². The van der Waals surface area contributed by atoms with Gasteiger partial charge in [-0.25, -0.2) is 0 Å². The van der Waals surface area contributed by atoms with Gasteiger partial charge in [0.1, 0.15) is 0 Å². The summed E-state index contributed by atoms with van der Waals surface area (Å²) in [5.41, 5.74) is 0.344. The van der Waals surface area contributed by atoms with Crippen molar-refractivity contribution in [1.29, 1.82) is 0 Å². The number of rotatable bonds is 3. The van der Waals surface area contributed by atoms with Crippen LogP contribution in [0.1, 0.15) is 29.6 Å². The SMILES string of the molecule is O=C1CCC[C@H](CNC(=O)c2cccc(Cl)c2Cl)N1. The van der Waals surface area contributed by atoms with Gasteiger partial charge in [0.05, 0.1) is 15.6 Å². The first-order chi connectivity index (χ1) is 9.08. The average molecular weight is 301 g/mol. The fourth-order valence-electron chi connectivity index (χ4n) is 2.02. The molecule has 2 rings (SSSR count). The molecule has 0 bridgehead atoms. The van der Waals surface area contributed by atoms with Crippen LogP contribution in [0.5, 0.6) is 0 Å². The second kappa shape index (κ2) is 6.26. The number of piperidine rings is 1. The molecular weight excluding hydrogens is 287 g/mol. The predicted octanol–water partition coefficient (Wildman–Crippen LogP) is 2.39. The van der Waals surface area contributed by atoms with Crippen LogP contribution in [-0.2, 0) is 4.79 Å². The highest BCUT2D eigenvalue weighted by molar-refractivity contribution is 6.43. The van der Waals surface area contributed by atoms with Gasteiger partial charge in [0.2, 0.25) is 5.91 Å². The quantitative estimate of drug-likeness (QED) is 0.900. The van der Waals surface area contributed by atoms with Crippen LogP contribution in [0.2, 0.25) is 10.0 Å². The molecule has 102 valence electrons. The van der Waals surface area contributed by atoms with E-state index < -0.39 is 0 Å². The number of nitrogens with one attached hydrogen (secondary N) is 2. The lowest BCUT2D eigenvalue weighted by molar-refractivity contribution is -0.123. The zero-order valence-corrected chi connectivity index (χ0v) is 11.7. The lowest BCUT2D eigenvalue weighted by atomic mass is 10.0. The Morgan fingerprint density at radius 2 is 2.21 bits per heavy atom. The molecule has 1 saturated heterocycles. The lowest BCUT2D eigenvalue weighted by Crippen LogP contribution is -2.46. The van der Waals surface area contributed by atoms with Crippen LogP contribution in [-0.4, -0.2) is 24.4 Å². The van der Waals surface area contributed by atoms with Crippen LogP contribution >= 0.6 is 23.2 Å². The maximum atomic E-state index is 12.0. The normalized spacial score (nSPS) is 18.8. The Morgan fingerprint density at radius 3 is 2.95 bits per heavy atom. The number of benzene rings is 1. The molecule has 2 N–H and O–H groups in total. The third-order valence-electron chi connectivity index (χ3n) is 3.03. The molecule has 0 aliphatic carbocycles. The summed E-state index contributed by atoms with van der Waals surface area (Å²) in [4.78, 5) is 23.2. The van der Waals surface area contributed by atoms with Gasteiger partial charge in [-0.05, 0) is 25.0 Å². The Labute approximate surface area is 121 Å². The molecule has 0 spiro atoms. The second-order valence-electron chi connectivity index (χ2n) is 4.47. The van der Waals surface area contributed by atoms with Gasteiger partial charge in [-0.1, -0.05) is 29.3 Å². The molecule has 1 aromatic carbocycles. The minimum absolute atomic E-state index is 0.0110. The molecule has 4 nitrogen and oxygen atoms in total. The van der Waals surface area contributed by atoms with Crippen molar-refractivity contribution in [3.8, 4) is 0 Å². The van der Waals surface area contributed by atoms with Crippen LogP contribution < -0.4 is 10.6 Å². The summed E-state index contributed by atoms with van der Waals surface area (Å²) in [6.07, 6.45) is 2.28. The molecule has 1 heterocycles. The monoisotopic (exact) mass is 300 g/mol. The Bertz CT molecular complexity index is 505. The summed E-state index contributed by atoms with van der Waals surface area (Å²) in [7, 11) is 0. The summed E-state index contributed by atoms with van der Waals surface area (Å²) in [6.45, 7) is 0.396. The van der Waals surface area contributed by atoms with Crippen LogP contribution in [0.3, 0.4) is 0 Å². The van der Waals surface area contributed by atoms with E-state index in [4.69, 9.17) is 23.2 Å². The molecule has 19 heavy (non-hydrogen) atoms. The minimum atomic E-state index is -0.285. The van der Waals surface area contributed by atoms with Crippen molar-refractivity contribution in [2.45, 2.75) is 25.3 Å². The highest BCUT2D eigenvalue weighted by atomic mass is 35.5. The Kier molecular flexibility index (Phi) is 4.66. The lowest BCUT2D eigenvalue weighted by Gasteiger charge is -2.23. The predicted molar refractivity (Wildman–Crippen MR) is 74.6 cm³/mol. The summed E-state index contributed by atoms with van der Waals surface area (Å²) in [6, 6.07) is 4.90. The van der Waals surface area contributed by atoms with Crippen molar-refractivity contribution in [1.82, 2.24) is 10.6 Å². The van der Waals surface area contributed by atoms with Gasteiger partial charge in [-0.3, -0.25) is 9.59 Å². The van der Waals surface area contributed by atoms with E-state index >= 15 is 0 Å². The number of amides is 2. The van der Waals surface area contributed by atoms with Crippen LogP contribution in [0.25, 0.3) is 0 Å². The second-order valence-corrected chi connectivity index (χ2v) is 5.25. The largest absolute Gasteiger partial charge is 0.352 e. The summed E-state index contributed by atoms with van der Waals surface area (Å²) in [5, 5.41) is 6.19. The number of halogens is 2. The Morgan fingerprint density at radius 1 is 1.42 bits per heavy atom. The summed E-state index contributed by atoms with van der Waals surface area (Å²) < 4.78 is 0. The fraction of sp³-hybridized carbons (Fsp3) is 0.385. The highest BCUT2D eigenvalue weighted by Gasteiger charge is 2.19. The van der Waals surface area contributed by atoms with Gasteiger partial charge in [-0.2, -0.15) is 0 Å². The van der Waals surface area contributed by atoms with E-state index in [0.29, 0.717) is 23.6 Å². The van der Waals surface area contributed by atoms with E-state index in [-0.39, 0.29) is 22.9 Å². The molecule has 2 amide bonds. The molecule has 0 aromatic heterocycles. The van der Waals surface area contributed by atoms with Crippen molar-refractivity contribution in [3.63, 3.8) is 0 Å².